The summed E-state index contributed by atoms with van der Waals surface area (Å²) in [5, 5.41) is 0. The normalized spacial score (nSPS) is 14.8. The Morgan fingerprint density at radius 3 is 2.78 bits per heavy atom. The molecule has 3 heteroatoms. The molecule has 1 N–H and O–H groups in total. The first-order chi connectivity index (χ1) is 8.65. The highest BCUT2D eigenvalue weighted by Crippen LogP contribution is 2.38. The maximum atomic E-state index is 11.7. The molecule has 3 nitrogen and oxygen atoms in total. The molecule has 2 aromatic rings. The van der Waals surface area contributed by atoms with Crippen LogP contribution in [0.5, 0.6) is 0 Å². The van der Waals surface area contributed by atoms with Crippen molar-refractivity contribution in [3.8, 4) is 11.3 Å². The molecule has 0 saturated heterocycles. The highest BCUT2D eigenvalue weighted by atomic mass is 16.1. The molecule has 1 aromatic carbocycles. The fraction of sp³-hybridized carbons (Fsp3) is 0.333. The van der Waals surface area contributed by atoms with Crippen LogP contribution in [0.25, 0.3) is 11.3 Å². The zero-order valence-electron chi connectivity index (χ0n) is 10.7. The maximum Gasteiger partial charge on any atom is 0.251 e. The number of aromatic nitrogens is 2. The lowest BCUT2D eigenvalue weighted by Gasteiger charge is -2.08. The Morgan fingerprint density at radius 2 is 2.06 bits per heavy atom. The third kappa shape index (κ3) is 1.96. The Bertz CT molecular complexity index is 654. The van der Waals surface area contributed by atoms with Gasteiger partial charge in [0.05, 0.1) is 5.69 Å². The smallest absolute Gasteiger partial charge is 0.251 e. The average molecular weight is 240 g/mol. The molecule has 1 heterocycles. The molecule has 92 valence electrons. The van der Waals surface area contributed by atoms with Crippen molar-refractivity contribution in [2.45, 2.75) is 32.6 Å². The molecule has 0 spiro atoms. The van der Waals surface area contributed by atoms with Gasteiger partial charge in [-0.2, -0.15) is 0 Å². The highest BCUT2D eigenvalue weighted by molar-refractivity contribution is 5.64. The average Bonchev–Trinajstić information content (AvgIpc) is 3.16. The molecule has 3 rings (SSSR count). The molecule has 0 aliphatic heterocycles. The van der Waals surface area contributed by atoms with Crippen LogP contribution in [0.1, 0.15) is 35.7 Å². The van der Waals surface area contributed by atoms with E-state index in [0.717, 1.165) is 29.9 Å². The number of hydrogen-bond donors (Lipinski definition) is 1. The summed E-state index contributed by atoms with van der Waals surface area (Å²) in [6.45, 7) is 4.15. The Balaban J connectivity index is 2.16. The molecule has 1 fully saturated rings. The van der Waals surface area contributed by atoms with Crippen LogP contribution in [0.4, 0.5) is 0 Å². The molecule has 1 aromatic heterocycles. The Kier molecular flexibility index (Phi) is 2.54. The molecule has 18 heavy (non-hydrogen) atoms. The van der Waals surface area contributed by atoms with Crippen LogP contribution in [-0.4, -0.2) is 9.97 Å². The van der Waals surface area contributed by atoms with E-state index in [-0.39, 0.29) is 5.56 Å². The van der Waals surface area contributed by atoms with Gasteiger partial charge in [0.2, 0.25) is 0 Å². The summed E-state index contributed by atoms with van der Waals surface area (Å²) in [6, 6.07) is 7.71. The van der Waals surface area contributed by atoms with Gasteiger partial charge in [-0.1, -0.05) is 18.2 Å². The van der Waals surface area contributed by atoms with E-state index in [1.165, 1.54) is 11.1 Å². The Hall–Kier alpha value is -1.90. The SMILES string of the molecule is Cc1cccc(-c2cc(=O)[nH]c(C3CC3)n2)c1C. The van der Waals surface area contributed by atoms with Crippen LogP contribution in [0, 0.1) is 13.8 Å². The van der Waals surface area contributed by atoms with E-state index in [2.05, 4.69) is 29.9 Å². The van der Waals surface area contributed by atoms with Crippen LogP contribution >= 0.6 is 0 Å². The number of hydrogen-bond acceptors (Lipinski definition) is 2. The Labute approximate surface area is 106 Å². The summed E-state index contributed by atoms with van der Waals surface area (Å²) in [7, 11) is 0. The summed E-state index contributed by atoms with van der Waals surface area (Å²) in [4.78, 5) is 19.2. The summed E-state index contributed by atoms with van der Waals surface area (Å²) >= 11 is 0. The predicted octanol–water partition coefficient (Wildman–Crippen LogP) is 2.93. The fourth-order valence-electron chi connectivity index (χ4n) is 2.19. The minimum atomic E-state index is -0.0530. The van der Waals surface area contributed by atoms with Crippen molar-refractivity contribution in [2.75, 3.05) is 0 Å². The zero-order chi connectivity index (χ0) is 12.7. The first-order valence-electron chi connectivity index (χ1n) is 6.33. The minimum absolute atomic E-state index is 0.0530. The lowest BCUT2D eigenvalue weighted by Crippen LogP contribution is -2.10. The van der Waals surface area contributed by atoms with Crippen molar-refractivity contribution in [3.63, 3.8) is 0 Å². The minimum Gasteiger partial charge on any atom is -0.310 e. The molecular weight excluding hydrogens is 224 g/mol. The second-order valence-electron chi connectivity index (χ2n) is 5.04. The zero-order valence-corrected chi connectivity index (χ0v) is 10.7. The molecule has 1 aliphatic rings. The van der Waals surface area contributed by atoms with E-state index in [4.69, 9.17) is 0 Å². The van der Waals surface area contributed by atoms with E-state index < -0.39 is 0 Å². The van der Waals surface area contributed by atoms with Gasteiger partial charge in [0, 0.05) is 17.5 Å². The van der Waals surface area contributed by atoms with Crippen LogP contribution < -0.4 is 5.56 Å². The number of nitrogens with one attached hydrogen (secondary N) is 1. The summed E-state index contributed by atoms with van der Waals surface area (Å²) in [6.07, 6.45) is 2.28. The fourth-order valence-corrected chi connectivity index (χ4v) is 2.19. The van der Waals surface area contributed by atoms with Crippen LogP contribution in [0.3, 0.4) is 0 Å². The number of aryl methyl sites for hydroxylation is 1. The van der Waals surface area contributed by atoms with E-state index >= 15 is 0 Å². The van der Waals surface area contributed by atoms with Crippen LogP contribution in [0.15, 0.2) is 29.1 Å². The second kappa shape index (κ2) is 4.09. The van der Waals surface area contributed by atoms with Crippen molar-refractivity contribution >= 4 is 0 Å². The van der Waals surface area contributed by atoms with Crippen LogP contribution in [-0.2, 0) is 0 Å². The topological polar surface area (TPSA) is 45.8 Å². The predicted molar refractivity (Wildman–Crippen MR) is 71.7 cm³/mol. The van der Waals surface area contributed by atoms with Gasteiger partial charge in [0.15, 0.2) is 0 Å². The van der Waals surface area contributed by atoms with E-state index in [1.54, 1.807) is 6.07 Å². The molecule has 1 aliphatic carbocycles. The van der Waals surface area contributed by atoms with Gasteiger partial charge < -0.3 is 4.98 Å². The summed E-state index contributed by atoms with van der Waals surface area (Å²) in [5.74, 6) is 1.31. The quantitative estimate of drug-likeness (QED) is 0.877. The largest absolute Gasteiger partial charge is 0.310 e. The Morgan fingerprint density at radius 1 is 1.28 bits per heavy atom. The maximum absolute atomic E-state index is 11.7. The van der Waals surface area contributed by atoms with Crippen molar-refractivity contribution in [1.82, 2.24) is 9.97 Å². The van der Waals surface area contributed by atoms with Gasteiger partial charge in [0.25, 0.3) is 5.56 Å². The molecule has 0 bridgehead atoms. The highest BCUT2D eigenvalue weighted by Gasteiger charge is 2.26. The van der Waals surface area contributed by atoms with E-state index in [0.29, 0.717) is 5.92 Å². The van der Waals surface area contributed by atoms with Crippen molar-refractivity contribution in [3.05, 3.63) is 51.6 Å². The van der Waals surface area contributed by atoms with E-state index in [1.807, 2.05) is 12.1 Å². The molecule has 0 amide bonds. The van der Waals surface area contributed by atoms with Crippen LogP contribution in [0.2, 0.25) is 0 Å². The van der Waals surface area contributed by atoms with Gasteiger partial charge in [-0.15, -0.1) is 0 Å². The first-order valence-corrected chi connectivity index (χ1v) is 6.33. The number of nitrogens with zero attached hydrogens (tertiary/aromatic N) is 1. The third-order valence-electron chi connectivity index (χ3n) is 3.60. The van der Waals surface area contributed by atoms with Crippen molar-refractivity contribution in [2.24, 2.45) is 0 Å². The molecular formula is C15H16N2O. The van der Waals surface area contributed by atoms with Crippen molar-refractivity contribution < 1.29 is 0 Å². The lowest BCUT2D eigenvalue weighted by molar-refractivity contribution is 0.911. The van der Waals surface area contributed by atoms with Gasteiger partial charge >= 0.3 is 0 Å². The molecule has 0 unspecified atom stereocenters. The van der Waals surface area contributed by atoms with Crippen molar-refractivity contribution in [1.29, 1.82) is 0 Å². The summed E-state index contributed by atoms with van der Waals surface area (Å²) < 4.78 is 0. The lowest BCUT2D eigenvalue weighted by atomic mass is 10.0. The first kappa shape index (κ1) is 11.2. The molecule has 0 radical (unpaired) electrons. The second-order valence-corrected chi connectivity index (χ2v) is 5.04. The number of rotatable bonds is 2. The van der Waals surface area contributed by atoms with Gasteiger partial charge in [-0.25, -0.2) is 4.98 Å². The summed E-state index contributed by atoms with van der Waals surface area (Å²) in [5.41, 5.74) is 4.22. The molecule has 1 saturated carbocycles. The van der Waals surface area contributed by atoms with E-state index in [9.17, 15) is 4.79 Å². The number of benzene rings is 1. The van der Waals surface area contributed by atoms with Gasteiger partial charge in [0.1, 0.15) is 5.82 Å². The third-order valence-corrected chi connectivity index (χ3v) is 3.60. The monoisotopic (exact) mass is 240 g/mol. The van der Waals surface area contributed by atoms with Gasteiger partial charge in [-0.05, 0) is 37.8 Å². The number of aromatic amines is 1. The van der Waals surface area contributed by atoms with Gasteiger partial charge in [-0.3, -0.25) is 4.79 Å². The standard InChI is InChI=1S/C15H16N2O/c1-9-4-3-5-12(10(9)2)13-8-14(18)17-15(16-13)11-6-7-11/h3-5,8,11H,6-7H2,1-2H3,(H,16,17,18). The molecule has 0 atom stereocenters. The number of H-pyrrole nitrogens is 1.